The summed E-state index contributed by atoms with van der Waals surface area (Å²) in [5.74, 6) is 0.837. The van der Waals surface area contributed by atoms with E-state index in [2.05, 4.69) is 47.1 Å². The van der Waals surface area contributed by atoms with Crippen molar-refractivity contribution in [3.8, 4) is 11.5 Å². The van der Waals surface area contributed by atoms with Crippen LogP contribution in [0.1, 0.15) is 62.0 Å². The van der Waals surface area contributed by atoms with Crippen LogP contribution in [-0.2, 0) is 17.8 Å². The van der Waals surface area contributed by atoms with E-state index in [1.807, 2.05) is 60.2 Å². The summed E-state index contributed by atoms with van der Waals surface area (Å²) >= 11 is 3.71. The summed E-state index contributed by atoms with van der Waals surface area (Å²) in [6.07, 6.45) is 2.74. The van der Waals surface area contributed by atoms with Gasteiger partial charge in [0.05, 0.1) is 16.8 Å². The minimum absolute atomic E-state index is 0.0394. The summed E-state index contributed by atoms with van der Waals surface area (Å²) in [4.78, 5) is 15.1. The maximum absolute atomic E-state index is 14.4. The van der Waals surface area contributed by atoms with Gasteiger partial charge in [-0.25, -0.2) is 9.40 Å². The Kier molecular flexibility index (Phi) is 10.0. The van der Waals surface area contributed by atoms with E-state index >= 15 is 0 Å². The van der Waals surface area contributed by atoms with Crippen molar-refractivity contribution in [2.24, 2.45) is 5.10 Å². The SMILES string of the molecule is CCCCc1ccc(N2C(C(C)=O)=NN(c3ccc(C)cc3)C2c2cc(Br)c(OCc3ccccc3F)c(OCC)c2)cc1. The number of ketones is 1. The minimum atomic E-state index is -0.505. The van der Waals surface area contributed by atoms with Gasteiger partial charge in [-0.2, -0.15) is 0 Å². The van der Waals surface area contributed by atoms with Crippen molar-refractivity contribution in [2.75, 3.05) is 16.5 Å². The van der Waals surface area contributed by atoms with Crippen LogP contribution in [0, 0.1) is 12.7 Å². The highest BCUT2D eigenvalue weighted by Gasteiger charge is 2.40. The zero-order chi connectivity index (χ0) is 31.2. The van der Waals surface area contributed by atoms with Crippen molar-refractivity contribution in [1.82, 2.24) is 0 Å². The van der Waals surface area contributed by atoms with Gasteiger partial charge in [0.2, 0.25) is 0 Å². The Balaban J connectivity index is 1.60. The number of nitrogens with zero attached hydrogens (tertiary/aromatic N) is 3. The largest absolute Gasteiger partial charge is 0.490 e. The second-order valence-electron chi connectivity index (χ2n) is 10.8. The van der Waals surface area contributed by atoms with E-state index in [1.54, 1.807) is 25.1 Å². The molecule has 0 saturated heterocycles. The minimum Gasteiger partial charge on any atom is -0.490 e. The van der Waals surface area contributed by atoms with E-state index in [9.17, 15) is 9.18 Å². The molecule has 1 aliphatic heterocycles. The number of hydrogen-bond acceptors (Lipinski definition) is 6. The quantitative estimate of drug-likeness (QED) is 0.152. The third kappa shape index (κ3) is 6.81. The first kappa shape index (κ1) is 31.3. The molecule has 1 heterocycles. The van der Waals surface area contributed by atoms with Gasteiger partial charge in [0.25, 0.3) is 0 Å². The van der Waals surface area contributed by atoms with Crippen molar-refractivity contribution >= 4 is 38.9 Å². The first-order valence-electron chi connectivity index (χ1n) is 15.0. The van der Waals surface area contributed by atoms with Crippen LogP contribution in [0.25, 0.3) is 0 Å². The first-order valence-corrected chi connectivity index (χ1v) is 15.8. The maximum atomic E-state index is 14.4. The van der Waals surface area contributed by atoms with Crippen molar-refractivity contribution in [3.05, 3.63) is 117 Å². The highest BCUT2D eigenvalue weighted by Crippen LogP contribution is 2.45. The molecule has 0 spiro atoms. The first-order chi connectivity index (χ1) is 21.3. The zero-order valence-electron chi connectivity index (χ0n) is 25.5. The Morgan fingerprint density at radius 3 is 2.32 bits per heavy atom. The van der Waals surface area contributed by atoms with Gasteiger partial charge in [0, 0.05) is 23.7 Å². The number of rotatable bonds is 12. The number of hydrogen-bond donors (Lipinski definition) is 0. The molecule has 0 amide bonds. The summed E-state index contributed by atoms with van der Waals surface area (Å²) in [7, 11) is 0. The molecule has 0 fully saturated rings. The van der Waals surface area contributed by atoms with Gasteiger partial charge >= 0.3 is 0 Å². The number of unbranched alkanes of at least 4 members (excludes halogenated alkanes) is 1. The van der Waals surface area contributed by atoms with E-state index < -0.39 is 6.17 Å². The molecule has 6 nitrogen and oxygen atoms in total. The fourth-order valence-electron chi connectivity index (χ4n) is 5.23. The number of aryl methyl sites for hydroxylation is 2. The highest BCUT2D eigenvalue weighted by atomic mass is 79.9. The molecular weight excluding hydrogens is 621 g/mol. The summed E-state index contributed by atoms with van der Waals surface area (Å²) in [6.45, 7) is 8.10. The van der Waals surface area contributed by atoms with Gasteiger partial charge in [0.1, 0.15) is 12.4 Å². The predicted octanol–water partition coefficient (Wildman–Crippen LogP) is 9.14. The number of amidine groups is 1. The summed E-state index contributed by atoms with van der Waals surface area (Å²) in [5.41, 5.74) is 5.34. The molecule has 8 heteroatoms. The number of Topliss-reactive ketones (excluding diaryl/α,β-unsaturated/α-hetero) is 1. The molecule has 0 bridgehead atoms. The average Bonchev–Trinajstić information content (AvgIpc) is 3.42. The number of hydrazone groups is 1. The highest BCUT2D eigenvalue weighted by molar-refractivity contribution is 9.10. The van der Waals surface area contributed by atoms with E-state index in [4.69, 9.17) is 14.6 Å². The molecular formula is C36H37BrFN3O3. The second-order valence-corrected chi connectivity index (χ2v) is 11.7. The molecule has 44 heavy (non-hydrogen) atoms. The van der Waals surface area contributed by atoms with Crippen LogP contribution in [0.5, 0.6) is 11.5 Å². The van der Waals surface area contributed by atoms with Crippen molar-refractivity contribution in [3.63, 3.8) is 0 Å². The average molecular weight is 659 g/mol. The molecule has 0 N–H and O–H groups in total. The Labute approximate surface area is 267 Å². The number of halogens is 2. The standard InChI is InChI=1S/C36H37BrFN3O3/c1-5-7-10-26-15-19-29(20-16-26)40-35(25(4)42)39-41(30-17-13-24(3)14-18-30)36(40)28-21-31(37)34(33(22-28)43-6-2)44-23-27-11-8-9-12-32(27)38/h8-9,11-22,36H,5-7,10,23H2,1-4H3. The molecule has 0 saturated carbocycles. The summed E-state index contributed by atoms with van der Waals surface area (Å²) in [5, 5.41) is 6.76. The van der Waals surface area contributed by atoms with Gasteiger partial charge < -0.3 is 9.47 Å². The monoisotopic (exact) mass is 657 g/mol. The molecule has 4 aromatic rings. The molecule has 1 aliphatic rings. The lowest BCUT2D eigenvalue weighted by Crippen LogP contribution is -2.37. The van der Waals surface area contributed by atoms with Crippen LogP contribution in [0.2, 0.25) is 0 Å². The molecule has 0 radical (unpaired) electrons. The molecule has 0 aromatic heterocycles. The van der Waals surface area contributed by atoms with Gasteiger partial charge in [0.15, 0.2) is 29.3 Å². The smallest absolute Gasteiger partial charge is 0.198 e. The third-order valence-electron chi connectivity index (χ3n) is 7.51. The summed E-state index contributed by atoms with van der Waals surface area (Å²) < 4.78 is 27.2. The number of anilines is 2. The van der Waals surface area contributed by atoms with E-state index in [1.165, 1.54) is 11.6 Å². The fourth-order valence-corrected chi connectivity index (χ4v) is 5.80. The molecule has 1 atom stereocenters. The van der Waals surface area contributed by atoms with Crippen molar-refractivity contribution < 1.29 is 18.7 Å². The Morgan fingerprint density at radius 1 is 0.955 bits per heavy atom. The second kappa shape index (κ2) is 14.1. The van der Waals surface area contributed by atoms with E-state index in [0.29, 0.717) is 34.0 Å². The lowest BCUT2D eigenvalue weighted by molar-refractivity contribution is -0.111. The molecule has 228 valence electrons. The number of benzene rings is 4. The van der Waals surface area contributed by atoms with Crippen LogP contribution in [-0.4, -0.2) is 18.2 Å². The molecule has 5 rings (SSSR count). The van der Waals surface area contributed by atoms with Crippen LogP contribution in [0.4, 0.5) is 15.8 Å². The van der Waals surface area contributed by atoms with Crippen LogP contribution >= 0.6 is 15.9 Å². The predicted molar refractivity (Wildman–Crippen MR) is 178 cm³/mol. The summed E-state index contributed by atoms with van der Waals surface area (Å²) in [6, 6.07) is 26.8. The van der Waals surface area contributed by atoms with E-state index in [-0.39, 0.29) is 18.2 Å². The van der Waals surface area contributed by atoms with Crippen molar-refractivity contribution in [2.45, 2.75) is 59.7 Å². The van der Waals surface area contributed by atoms with Crippen LogP contribution in [0.15, 0.2) is 94.5 Å². The lowest BCUT2D eigenvalue weighted by atomic mass is 10.1. The number of ether oxygens (including phenoxy) is 2. The van der Waals surface area contributed by atoms with Crippen LogP contribution in [0.3, 0.4) is 0 Å². The lowest BCUT2D eigenvalue weighted by Gasteiger charge is -2.32. The molecule has 0 aliphatic carbocycles. The number of carbonyl (C=O) groups is 1. The van der Waals surface area contributed by atoms with Gasteiger partial charge in [-0.05, 0) is 90.6 Å². The topological polar surface area (TPSA) is 54.4 Å². The van der Waals surface area contributed by atoms with Gasteiger partial charge in [-0.3, -0.25) is 9.69 Å². The fraction of sp³-hybridized carbons (Fsp3) is 0.278. The Hall–Kier alpha value is -4.17. The number of carbonyl (C=O) groups excluding carboxylic acids is 1. The van der Waals surface area contributed by atoms with Crippen LogP contribution < -0.4 is 19.4 Å². The zero-order valence-corrected chi connectivity index (χ0v) is 27.1. The third-order valence-corrected chi connectivity index (χ3v) is 8.10. The van der Waals surface area contributed by atoms with Gasteiger partial charge in [-0.1, -0.05) is 61.4 Å². The van der Waals surface area contributed by atoms with Crippen molar-refractivity contribution in [1.29, 1.82) is 0 Å². The Bertz CT molecular complexity index is 1640. The maximum Gasteiger partial charge on any atom is 0.198 e. The molecule has 1 unspecified atom stereocenters. The van der Waals surface area contributed by atoms with Gasteiger partial charge in [-0.15, -0.1) is 5.10 Å². The molecule has 4 aromatic carbocycles. The Morgan fingerprint density at radius 2 is 1.66 bits per heavy atom. The van der Waals surface area contributed by atoms with E-state index in [0.717, 1.165) is 41.8 Å². The normalized spacial score (nSPS) is 14.5.